The van der Waals surface area contributed by atoms with Gasteiger partial charge in [0, 0.05) is 18.4 Å². The van der Waals surface area contributed by atoms with Crippen LogP contribution in [0.15, 0.2) is 36.8 Å². The van der Waals surface area contributed by atoms with E-state index in [1.807, 2.05) is 35.8 Å². The quantitative estimate of drug-likeness (QED) is 0.848. The van der Waals surface area contributed by atoms with Crippen LogP contribution in [-0.2, 0) is 6.54 Å². The predicted molar refractivity (Wildman–Crippen MR) is 62.6 cm³/mol. The Hall–Kier alpha value is -1.81. The van der Waals surface area contributed by atoms with Gasteiger partial charge >= 0.3 is 0 Å². The van der Waals surface area contributed by atoms with E-state index in [9.17, 15) is 0 Å². The second-order valence-corrected chi connectivity index (χ2v) is 3.39. The van der Waals surface area contributed by atoms with Gasteiger partial charge in [-0.25, -0.2) is 4.98 Å². The summed E-state index contributed by atoms with van der Waals surface area (Å²) in [5, 5.41) is 0. The Balaban J connectivity index is 2.27. The van der Waals surface area contributed by atoms with Crippen LogP contribution in [0.1, 0.15) is 12.6 Å². The third-order valence-electron chi connectivity index (χ3n) is 2.35. The van der Waals surface area contributed by atoms with E-state index < -0.39 is 0 Å². The van der Waals surface area contributed by atoms with E-state index in [0.717, 1.165) is 17.1 Å². The lowest BCUT2D eigenvalue weighted by Gasteiger charge is -2.08. The first-order valence-electron chi connectivity index (χ1n) is 5.29. The first kappa shape index (κ1) is 10.7. The number of hydrogen-bond donors (Lipinski definition) is 1. The third kappa shape index (κ3) is 2.06. The highest BCUT2D eigenvalue weighted by atomic mass is 16.5. The van der Waals surface area contributed by atoms with Crippen LogP contribution >= 0.6 is 0 Å². The summed E-state index contributed by atoms with van der Waals surface area (Å²) in [7, 11) is 0. The summed E-state index contributed by atoms with van der Waals surface area (Å²) < 4.78 is 7.35. The molecule has 16 heavy (non-hydrogen) atoms. The van der Waals surface area contributed by atoms with Gasteiger partial charge in [0.1, 0.15) is 5.75 Å². The standard InChI is InChI=1S/C12H15N3O/c1-2-16-12-5-3-10(4-6-12)15-9-14-8-11(15)7-13/h3-6,8-9H,2,7,13H2,1H3. The minimum Gasteiger partial charge on any atom is -0.494 e. The molecule has 1 aromatic heterocycles. The average molecular weight is 217 g/mol. The van der Waals surface area contributed by atoms with Crippen molar-refractivity contribution in [3.05, 3.63) is 42.5 Å². The maximum absolute atomic E-state index is 5.62. The molecule has 0 bridgehead atoms. The van der Waals surface area contributed by atoms with Crippen LogP contribution in [0.2, 0.25) is 0 Å². The van der Waals surface area contributed by atoms with E-state index in [4.69, 9.17) is 10.5 Å². The molecule has 1 aromatic carbocycles. The molecule has 0 aliphatic heterocycles. The van der Waals surface area contributed by atoms with E-state index in [0.29, 0.717) is 13.2 Å². The molecule has 0 saturated carbocycles. The molecule has 0 unspecified atom stereocenters. The van der Waals surface area contributed by atoms with Gasteiger partial charge in [0.15, 0.2) is 0 Å². The van der Waals surface area contributed by atoms with E-state index in [1.165, 1.54) is 0 Å². The lowest BCUT2D eigenvalue weighted by atomic mass is 10.3. The average Bonchev–Trinajstić information content (AvgIpc) is 2.78. The number of benzene rings is 1. The molecule has 2 aromatic rings. The first-order chi connectivity index (χ1) is 7.85. The normalized spacial score (nSPS) is 10.4. The molecule has 2 rings (SSSR count). The summed E-state index contributed by atoms with van der Waals surface area (Å²) in [5.74, 6) is 0.876. The maximum atomic E-state index is 5.62. The molecule has 1 heterocycles. The van der Waals surface area contributed by atoms with Crippen molar-refractivity contribution in [1.29, 1.82) is 0 Å². The van der Waals surface area contributed by atoms with Crippen LogP contribution in [0.5, 0.6) is 5.75 Å². The lowest BCUT2D eigenvalue weighted by Crippen LogP contribution is -2.04. The number of nitrogens with zero attached hydrogens (tertiary/aromatic N) is 2. The molecule has 0 aliphatic rings. The van der Waals surface area contributed by atoms with Crippen molar-refractivity contribution in [2.75, 3.05) is 6.61 Å². The number of nitrogens with two attached hydrogens (primary N) is 1. The van der Waals surface area contributed by atoms with Crippen molar-refractivity contribution in [1.82, 2.24) is 9.55 Å². The Morgan fingerprint density at radius 3 is 2.69 bits per heavy atom. The summed E-state index contributed by atoms with van der Waals surface area (Å²) in [6, 6.07) is 7.87. The molecular weight excluding hydrogens is 202 g/mol. The molecule has 0 saturated heterocycles. The fourth-order valence-electron chi connectivity index (χ4n) is 1.58. The van der Waals surface area contributed by atoms with Crippen LogP contribution in [0.4, 0.5) is 0 Å². The highest BCUT2D eigenvalue weighted by molar-refractivity contribution is 5.38. The number of ether oxygens (including phenoxy) is 1. The molecule has 2 N–H and O–H groups in total. The minimum absolute atomic E-state index is 0.479. The molecule has 0 radical (unpaired) electrons. The molecule has 4 heteroatoms. The van der Waals surface area contributed by atoms with Crippen LogP contribution in [0, 0.1) is 0 Å². The van der Waals surface area contributed by atoms with Gasteiger partial charge in [0.2, 0.25) is 0 Å². The molecular formula is C12H15N3O. The topological polar surface area (TPSA) is 53.1 Å². The van der Waals surface area contributed by atoms with E-state index in [1.54, 1.807) is 12.5 Å². The van der Waals surface area contributed by atoms with Gasteiger partial charge in [-0.2, -0.15) is 0 Å². The number of aromatic nitrogens is 2. The van der Waals surface area contributed by atoms with Crippen molar-refractivity contribution in [2.45, 2.75) is 13.5 Å². The lowest BCUT2D eigenvalue weighted by molar-refractivity contribution is 0.340. The van der Waals surface area contributed by atoms with Crippen molar-refractivity contribution < 1.29 is 4.74 Å². The van der Waals surface area contributed by atoms with Gasteiger partial charge in [-0.05, 0) is 31.2 Å². The van der Waals surface area contributed by atoms with Crippen molar-refractivity contribution in [2.24, 2.45) is 5.73 Å². The molecule has 0 fully saturated rings. The van der Waals surface area contributed by atoms with Gasteiger partial charge in [0.05, 0.1) is 18.6 Å². The van der Waals surface area contributed by atoms with Crippen LogP contribution in [-0.4, -0.2) is 16.2 Å². The van der Waals surface area contributed by atoms with Gasteiger partial charge in [0.25, 0.3) is 0 Å². The zero-order valence-electron chi connectivity index (χ0n) is 9.26. The monoisotopic (exact) mass is 217 g/mol. The number of rotatable bonds is 4. The molecule has 84 valence electrons. The predicted octanol–water partition coefficient (Wildman–Crippen LogP) is 1.73. The van der Waals surface area contributed by atoms with E-state index in [2.05, 4.69) is 4.98 Å². The summed E-state index contributed by atoms with van der Waals surface area (Å²) in [5.41, 5.74) is 7.66. The highest BCUT2D eigenvalue weighted by Crippen LogP contribution is 2.16. The number of hydrogen-bond acceptors (Lipinski definition) is 3. The van der Waals surface area contributed by atoms with E-state index >= 15 is 0 Å². The molecule has 0 amide bonds. The van der Waals surface area contributed by atoms with Gasteiger partial charge in [-0.1, -0.05) is 0 Å². The Bertz CT molecular complexity index is 448. The van der Waals surface area contributed by atoms with Gasteiger partial charge in [-0.3, -0.25) is 0 Å². The summed E-state index contributed by atoms with van der Waals surface area (Å²) in [4.78, 5) is 4.08. The first-order valence-corrected chi connectivity index (χ1v) is 5.29. The zero-order chi connectivity index (χ0) is 11.4. The molecule has 4 nitrogen and oxygen atoms in total. The van der Waals surface area contributed by atoms with Crippen molar-refractivity contribution >= 4 is 0 Å². The SMILES string of the molecule is CCOc1ccc(-n2cncc2CN)cc1. The smallest absolute Gasteiger partial charge is 0.119 e. The van der Waals surface area contributed by atoms with Gasteiger partial charge in [-0.15, -0.1) is 0 Å². The summed E-state index contributed by atoms with van der Waals surface area (Å²) in [6.07, 6.45) is 3.54. The second kappa shape index (κ2) is 4.81. The second-order valence-electron chi connectivity index (χ2n) is 3.39. The minimum atomic E-state index is 0.479. The van der Waals surface area contributed by atoms with Crippen molar-refractivity contribution in [3.63, 3.8) is 0 Å². The third-order valence-corrected chi connectivity index (χ3v) is 2.35. The Morgan fingerprint density at radius 2 is 2.06 bits per heavy atom. The van der Waals surface area contributed by atoms with Crippen LogP contribution in [0.3, 0.4) is 0 Å². The fraction of sp³-hybridized carbons (Fsp3) is 0.250. The Kier molecular flexibility index (Phi) is 3.22. The summed E-state index contributed by atoms with van der Waals surface area (Å²) >= 11 is 0. The number of imidazole rings is 1. The Morgan fingerprint density at radius 1 is 1.31 bits per heavy atom. The fourth-order valence-corrected chi connectivity index (χ4v) is 1.58. The largest absolute Gasteiger partial charge is 0.494 e. The molecule has 0 atom stereocenters. The van der Waals surface area contributed by atoms with Crippen LogP contribution < -0.4 is 10.5 Å². The maximum Gasteiger partial charge on any atom is 0.119 e. The molecule has 0 aliphatic carbocycles. The van der Waals surface area contributed by atoms with Gasteiger partial charge < -0.3 is 15.0 Å². The van der Waals surface area contributed by atoms with Crippen LogP contribution in [0.25, 0.3) is 5.69 Å². The molecule has 0 spiro atoms. The zero-order valence-corrected chi connectivity index (χ0v) is 9.26. The van der Waals surface area contributed by atoms with E-state index in [-0.39, 0.29) is 0 Å². The highest BCUT2D eigenvalue weighted by Gasteiger charge is 2.02. The Labute approximate surface area is 94.7 Å². The summed E-state index contributed by atoms with van der Waals surface area (Å²) in [6.45, 7) is 3.13. The van der Waals surface area contributed by atoms with Crippen molar-refractivity contribution in [3.8, 4) is 11.4 Å².